The Kier molecular flexibility index (Phi) is 3.63. The second kappa shape index (κ2) is 3.89. The minimum Gasteiger partial charge on any atom is -0.465 e. The Bertz CT molecular complexity index is 187. The molecule has 0 radical (unpaired) electrons. The van der Waals surface area contributed by atoms with Gasteiger partial charge >= 0.3 is 13.1 Å². The van der Waals surface area contributed by atoms with Crippen molar-refractivity contribution in [3.63, 3.8) is 0 Å². The molecule has 0 saturated carbocycles. The van der Waals surface area contributed by atoms with Gasteiger partial charge in [-0.25, -0.2) is 4.79 Å². The van der Waals surface area contributed by atoms with Gasteiger partial charge in [0.15, 0.2) is 0 Å². The summed E-state index contributed by atoms with van der Waals surface area (Å²) in [5, 5.41) is 1.68. The lowest BCUT2D eigenvalue weighted by Crippen LogP contribution is -2.41. The molecule has 0 unspecified atom stereocenters. The molecule has 7 heteroatoms. The van der Waals surface area contributed by atoms with Crippen LogP contribution in [0.3, 0.4) is 0 Å². The largest absolute Gasteiger partial charge is 0.746 e. The lowest BCUT2D eigenvalue weighted by atomic mass is 9.93. The molecule has 13 heavy (non-hydrogen) atoms. The predicted octanol–water partition coefficient (Wildman–Crippen LogP) is 1.21. The topological polar surface area (TPSA) is 38.3 Å². The molecule has 0 fully saturated rings. The van der Waals surface area contributed by atoms with E-state index in [9.17, 15) is 17.7 Å². The number of carbonyl (C=O) groups is 1. The fourth-order valence-electron chi connectivity index (χ4n) is 0.516. The van der Waals surface area contributed by atoms with E-state index in [1.54, 1.807) is 26.1 Å². The van der Waals surface area contributed by atoms with Gasteiger partial charge in [0.25, 0.3) is 0 Å². The first kappa shape index (κ1) is 12.1. The minimum absolute atomic E-state index is 0.755. The van der Waals surface area contributed by atoms with Gasteiger partial charge in [-0.3, -0.25) is 0 Å². The standard InChI is InChI=1S/C6H13BF3NO2/c1-6(2,3)13-5(12)11-4-7(8,9)10/h8H,4H2,1-3H3,(H,11,12). The van der Waals surface area contributed by atoms with E-state index in [0.717, 1.165) is 0 Å². The highest BCUT2D eigenvalue weighted by atomic mass is 19.4. The molecule has 0 aliphatic carbocycles. The van der Waals surface area contributed by atoms with Crippen LogP contribution >= 0.6 is 0 Å². The summed E-state index contributed by atoms with van der Waals surface area (Å²) >= 11 is 0. The van der Waals surface area contributed by atoms with Crippen molar-refractivity contribution < 1.29 is 22.5 Å². The number of hydrogen-bond acceptors (Lipinski definition) is 2. The third-order valence-corrected chi connectivity index (χ3v) is 0.883. The molecular weight excluding hydrogens is 186 g/mol. The smallest absolute Gasteiger partial charge is 0.465 e. The normalized spacial score (nSPS) is 12.5. The summed E-state index contributed by atoms with van der Waals surface area (Å²) in [6.07, 6.45) is -2.21. The third-order valence-electron chi connectivity index (χ3n) is 0.883. The Morgan fingerprint density at radius 1 is 1.54 bits per heavy atom. The van der Waals surface area contributed by atoms with Crippen LogP contribution in [0.5, 0.6) is 0 Å². The molecule has 0 aromatic carbocycles. The summed E-state index contributed by atoms with van der Waals surface area (Å²) in [6, 6.07) is 0. The van der Waals surface area contributed by atoms with Gasteiger partial charge in [0.05, 0.1) is 6.44 Å². The number of hydrogen-bond donors (Lipinski definition) is 1. The highest BCUT2D eigenvalue weighted by Gasteiger charge is 2.38. The predicted molar refractivity (Wildman–Crippen MR) is 43.6 cm³/mol. The van der Waals surface area contributed by atoms with E-state index in [2.05, 4.69) is 4.74 Å². The number of nitrogens with one attached hydrogen (secondary N) is 1. The lowest BCUT2D eigenvalue weighted by molar-refractivity contribution is -0.242. The Morgan fingerprint density at radius 3 is 2.31 bits per heavy atom. The van der Waals surface area contributed by atoms with Crippen LogP contribution in [0.1, 0.15) is 20.8 Å². The summed E-state index contributed by atoms with van der Waals surface area (Å²) < 4.78 is 38.0. The molecule has 0 heterocycles. The summed E-state index contributed by atoms with van der Waals surface area (Å²) in [5.74, 6) is 0. The number of rotatable bonds is 2. The van der Waals surface area contributed by atoms with Crippen molar-refractivity contribution in [1.29, 1.82) is 0 Å². The van der Waals surface area contributed by atoms with E-state index < -0.39 is 25.1 Å². The van der Waals surface area contributed by atoms with Crippen molar-refractivity contribution in [3.05, 3.63) is 0 Å². The zero-order valence-corrected chi connectivity index (χ0v) is 7.77. The van der Waals surface area contributed by atoms with Crippen LogP contribution in [0.2, 0.25) is 0 Å². The monoisotopic (exact) mass is 199 g/mol. The van der Waals surface area contributed by atoms with Crippen LogP contribution in [-0.2, 0) is 4.74 Å². The highest BCUT2D eigenvalue weighted by molar-refractivity contribution is 6.56. The maximum atomic E-state index is 11.8. The number of carbonyl (C=O) groups excluding carboxylic acids is 1. The van der Waals surface area contributed by atoms with Gasteiger partial charge in [-0.15, -0.1) is 0 Å². The van der Waals surface area contributed by atoms with Gasteiger partial charge in [-0.2, -0.15) is 0 Å². The summed E-state index contributed by atoms with van der Waals surface area (Å²) in [5.41, 5.74) is -0.755. The van der Waals surface area contributed by atoms with Crippen LogP contribution in [0.25, 0.3) is 0 Å². The van der Waals surface area contributed by atoms with E-state index in [0.29, 0.717) is 0 Å². The van der Waals surface area contributed by atoms with E-state index >= 15 is 0 Å². The van der Waals surface area contributed by atoms with Gasteiger partial charge in [0.2, 0.25) is 0 Å². The van der Waals surface area contributed by atoms with Crippen LogP contribution in [0, 0.1) is 4.32 Å². The number of amides is 1. The third kappa shape index (κ3) is 9.04. The molecule has 0 rings (SSSR count). The lowest BCUT2D eigenvalue weighted by Gasteiger charge is -2.20. The van der Waals surface area contributed by atoms with Crippen LogP contribution in [0.4, 0.5) is 13.4 Å². The molecule has 3 nitrogen and oxygen atoms in total. The van der Waals surface area contributed by atoms with Crippen molar-refractivity contribution in [2.75, 3.05) is 6.44 Å². The molecular formula is C6H13BF3NO2. The van der Waals surface area contributed by atoms with E-state index in [1.807, 2.05) is 0 Å². The van der Waals surface area contributed by atoms with Crippen molar-refractivity contribution in [1.82, 2.24) is 5.32 Å². The SMILES string of the molecule is CC(C)(C)OC(=O)NC[B-](F)(F)[FH+]. The average Bonchev–Trinajstić information content (AvgIpc) is 1.78. The van der Waals surface area contributed by atoms with Crippen molar-refractivity contribution in [3.8, 4) is 0 Å². The molecule has 1 amide bonds. The van der Waals surface area contributed by atoms with Gasteiger partial charge in [0, 0.05) is 0 Å². The van der Waals surface area contributed by atoms with Gasteiger partial charge < -0.3 is 23.0 Å². The quantitative estimate of drug-likeness (QED) is 0.678. The second-order valence-electron chi connectivity index (χ2n) is 3.62. The van der Waals surface area contributed by atoms with Crippen molar-refractivity contribution in [2.24, 2.45) is 0 Å². The first-order valence-corrected chi connectivity index (χ1v) is 3.80. The molecule has 0 atom stereocenters. The van der Waals surface area contributed by atoms with Gasteiger partial charge in [-0.1, -0.05) is 0 Å². The Hall–Kier alpha value is -0.875. The van der Waals surface area contributed by atoms with Crippen LogP contribution in [0.15, 0.2) is 0 Å². The first-order valence-electron chi connectivity index (χ1n) is 3.80. The Balaban J connectivity index is 3.78. The molecule has 0 aliphatic rings. The summed E-state index contributed by atoms with van der Waals surface area (Å²) in [4.78, 5) is 10.7. The van der Waals surface area contributed by atoms with Crippen molar-refractivity contribution in [2.45, 2.75) is 26.4 Å². The van der Waals surface area contributed by atoms with E-state index in [4.69, 9.17) is 0 Å². The Morgan fingerprint density at radius 2 is 2.00 bits per heavy atom. The highest BCUT2D eigenvalue weighted by Crippen LogP contribution is 2.07. The number of alkyl carbamates (subject to hydrolysis) is 1. The zero-order chi connectivity index (χ0) is 10.7. The van der Waals surface area contributed by atoms with Crippen molar-refractivity contribution >= 4 is 13.1 Å². The molecule has 0 spiro atoms. The average molecular weight is 199 g/mol. The molecule has 1 N–H and O–H groups in total. The molecule has 0 aromatic rings. The van der Waals surface area contributed by atoms with Gasteiger partial charge in [0.1, 0.15) is 5.60 Å². The maximum absolute atomic E-state index is 11.8. The fourth-order valence-corrected chi connectivity index (χ4v) is 0.516. The van der Waals surface area contributed by atoms with Crippen LogP contribution < -0.4 is 5.32 Å². The molecule has 78 valence electrons. The fraction of sp³-hybridized carbons (Fsp3) is 0.833. The molecule has 0 aromatic heterocycles. The summed E-state index contributed by atoms with van der Waals surface area (Å²) in [7, 11) is 0. The number of halogens is 3. The first-order chi connectivity index (χ1) is 5.60. The van der Waals surface area contributed by atoms with Gasteiger partial charge in [-0.05, 0) is 20.8 Å². The second-order valence-corrected chi connectivity index (χ2v) is 3.62. The summed E-state index contributed by atoms with van der Waals surface area (Å²) in [6.45, 7) is 0.0295. The molecule has 0 bridgehead atoms. The zero-order valence-electron chi connectivity index (χ0n) is 7.77. The van der Waals surface area contributed by atoms with E-state index in [-0.39, 0.29) is 0 Å². The molecule has 0 saturated heterocycles. The number of ether oxygens (including phenoxy) is 1. The maximum Gasteiger partial charge on any atom is 0.746 e. The van der Waals surface area contributed by atoms with E-state index in [1.165, 1.54) is 0 Å². The van der Waals surface area contributed by atoms with Crippen LogP contribution in [-0.4, -0.2) is 25.1 Å². The minimum atomic E-state index is -4.74. The Labute approximate surface area is 74.7 Å². The molecule has 0 aliphatic heterocycles.